The van der Waals surface area contributed by atoms with Crippen LogP contribution in [-0.4, -0.2) is 47.6 Å². The van der Waals surface area contributed by atoms with Crippen molar-refractivity contribution in [2.24, 2.45) is 27.9 Å². The van der Waals surface area contributed by atoms with Crippen LogP contribution in [0.25, 0.3) is 0 Å². The topological polar surface area (TPSA) is 171 Å². The molecule has 2 rings (SSSR count). The summed E-state index contributed by atoms with van der Waals surface area (Å²) in [6.07, 6.45) is 3.01. The third kappa shape index (κ3) is 8.09. The first kappa shape index (κ1) is 26.7. The van der Waals surface area contributed by atoms with E-state index in [1.807, 2.05) is 30.3 Å². The second-order valence-corrected chi connectivity index (χ2v) is 8.05. The Bertz CT molecular complexity index is 976. The molecule has 0 saturated heterocycles. The van der Waals surface area contributed by atoms with Crippen molar-refractivity contribution in [3.63, 3.8) is 0 Å². The zero-order valence-electron chi connectivity index (χ0n) is 19.3. The molecular formula is C25H34N6O3. The fraction of sp³-hybridized carbons (Fsp3) is 0.360. The molecule has 0 aliphatic carbocycles. The second-order valence-electron chi connectivity index (χ2n) is 8.05. The number of hydrogen-bond acceptors (Lipinski definition) is 6. The van der Waals surface area contributed by atoms with Crippen LogP contribution < -0.4 is 22.9 Å². The average molecular weight is 467 g/mol. The zero-order chi connectivity index (χ0) is 24.9. The molecule has 0 aromatic heterocycles. The molecule has 9 heteroatoms. The van der Waals surface area contributed by atoms with Crippen molar-refractivity contribution in [3.8, 4) is 0 Å². The van der Waals surface area contributed by atoms with Gasteiger partial charge in [-0.15, -0.1) is 0 Å². The Hall–Kier alpha value is -3.56. The van der Waals surface area contributed by atoms with Gasteiger partial charge in [0.1, 0.15) is 6.29 Å². The van der Waals surface area contributed by atoms with Crippen LogP contribution in [0.15, 0.2) is 59.6 Å². The fourth-order valence-electron chi connectivity index (χ4n) is 3.62. The van der Waals surface area contributed by atoms with Crippen molar-refractivity contribution >= 4 is 24.1 Å². The van der Waals surface area contributed by atoms with E-state index in [1.54, 1.807) is 24.3 Å². The molecule has 0 unspecified atom stereocenters. The molecule has 0 aliphatic heterocycles. The zero-order valence-corrected chi connectivity index (χ0v) is 19.3. The predicted octanol–water partition coefficient (Wildman–Crippen LogP) is 1.09. The summed E-state index contributed by atoms with van der Waals surface area (Å²) < 4.78 is 0. The van der Waals surface area contributed by atoms with Crippen LogP contribution >= 0.6 is 0 Å². The lowest BCUT2D eigenvalue weighted by Gasteiger charge is -2.29. The normalized spacial score (nSPS) is 12.4. The number of hydrogen-bond donors (Lipinski definition) is 4. The van der Waals surface area contributed by atoms with E-state index in [1.165, 1.54) is 0 Å². The van der Waals surface area contributed by atoms with Crippen LogP contribution in [0, 0.1) is 0 Å². The maximum atomic E-state index is 13.4. The molecule has 0 spiro atoms. The molecule has 2 amide bonds. The van der Waals surface area contributed by atoms with E-state index in [-0.39, 0.29) is 31.0 Å². The number of imide groups is 1. The summed E-state index contributed by atoms with van der Waals surface area (Å²) in [4.78, 5) is 43.5. The molecule has 0 fully saturated rings. The van der Waals surface area contributed by atoms with Crippen molar-refractivity contribution < 1.29 is 14.4 Å². The number of benzene rings is 2. The molecule has 2 aromatic rings. The number of aryl methyl sites for hydroxylation is 1. The minimum absolute atomic E-state index is 0.0642. The van der Waals surface area contributed by atoms with Gasteiger partial charge in [0, 0.05) is 18.7 Å². The van der Waals surface area contributed by atoms with Gasteiger partial charge in [0.05, 0.1) is 12.1 Å². The van der Waals surface area contributed by atoms with Gasteiger partial charge in [0.15, 0.2) is 5.96 Å². The van der Waals surface area contributed by atoms with Gasteiger partial charge in [0.25, 0.3) is 5.91 Å². The van der Waals surface area contributed by atoms with Crippen molar-refractivity contribution in [1.82, 2.24) is 4.90 Å². The average Bonchev–Trinajstić information content (AvgIpc) is 2.85. The molecule has 182 valence electrons. The number of carbonyl (C=O) groups excluding carboxylic acids is 3. The van der Waals surface area contributed by atoms with Crippen LogP contribution in [0.3, 0.4) is 0 Å². The van der Waals surface area contributed by atoms with Gasteiger partial charge in [-0.25, -0.2) is 0 Å². The molecular weight excluding hydrogens is 432 g/mol. The highest BCUT2D eigenvalue weighted by Gasteiger charge is 2.33. The van der Waals surface area contributed by atoms with Crippen molar-refractivity contribution in [1.29, 1.82) is 0 Å². The highest BCUT2D eigenvalue weighted by atomic mass is 16.2. The molecule has 8 N–H and O–H groups in total. The van der Waals surface area contributed by atoms with Crippen molar-refractivity contribution in [3.05, 3.63) is 71.3 Å². The third-order valence-electron chi connectivity index (χ3n) is 5.45. The highest BCUT2D eigenvalue weighted by molar-refractivity contribution is 6.07. The highest BCUT2D eigenvalue weighted by Crippen LogP contribution is 2.16. The quantitative estimate of drug-likeness (QED) is 0.148. The Morgan fingerprint density at radius 3 is 2.32 bits per heavy atom. The van der Waals surface area contributed by atoms with E-state index >= 15 is 0 Å². The maximum Gasteiger partial charge on any atom is 0.261 e. The van der Waals surface area contributed by atoms with E-state index < -0.39 is 23.9 Å². The minimum Gasteiger partial charge on any atom is -0.370 e. The van der Waals surface area contributed by atoms with E-state index in [9.17, 15) is 14.4 Å². The van der Waals surface area contributed by atoms with E-state index in [0.717, 1.165) is 22.4 Å². The predicted molar refractivity (Wildman–Crippen MR) is 133 cm³/mol. The van der Waals surface area contributed by atoms with Crippen LogP contribution in [-0.2, 0) is 22.6 Å². The second kappa shape index (κ2) is 13.9. The Balaban J connectivity index is 2.19. The number of aldehydes is 1. The fourth-order valence-corrected chi connectivity index (χ4v) is 3.62. The Morgan fingerprint density at radius 1 is 0.971 bits per heavy atom. The molecule has 0 heterocycles. The van der Waals surface area contributed by atoms with E-state index in [2.05, 4.69) is 4.99 Å². The van der Waals surface area contributed by atoms with Gasteiger partial charge in [-0.3, -0.25) is 19.5 Å². The molecule has 0 bridgehead atoms. The Morgan fingerprint density at radius 2 is 1.68 bits per heavy atom. The number of rotatable bonds is 13. The summed E-state index contributed by atoms with van der Waals surface area (Å²) in [5.74, 6) is -1.24. The summed E-state index contributed by atoms with van der Waals surface area (Å²) in [6, 6.07) is 14.6. The van der Waals surface area contributed by atoms with Gasteiger partial charge in [0.2, 0.25) is 5.91 Å². The minimum atomic E-state index is -0.990. The summed E-state index contributed by atoms with van der Waals surface area (Å²) in [6.45, 7) is 0.512. The Labute approximate surface area is 200 Å². The summed E-state index contributed by atoms with van der Waals surface area (Å²) >= 11 is 0. The third-order valence-corrected chi connectivity index (χ3v) is 5.45. The van der Waals surface area contributed by atoms with Crippen LogP contribution in [0.4, 0.5) is 0 Å². The Kier molecular flexibility index (Phi) is 10.9. The monoisotopic (exact) mass is 466 g/mol. The van der Waals surface area contributed by atoms with Crippen molar-refractivity contribution in [2.45, 2.75) is 50.7 Å². The number of guanidine groups is 1. The van der Waals surface area contributed by atoms with E-state index in [4.69, 9.17) is 22.9 Å². The largest absolute Gasteiger partial charge is 0.370 e. The lowest BCUT2D eigenvalue weighted by atomic mass is 10.0. The molecule has 0 radical (unpaired) electrons. The van der Waals surface area contributed by atoms with E-state index in [0.29, 0.717) is 25.5 Å². The summed E-state index contributed by atoms with van der Waals surface area (Å²) in [5, 5.41) is 0. The van der Waals surface area contributed by atoms with Crippen LogP contribution in [0.2, 0.25) is 0 Å². The van der Waals surface area contributed by atoms with Gasteiger partial charge in [-0.1, -0.05) is 42.5 Å². The standard InChI is InChI=1S/C25H34N6O3/c26-16-19-10-4-11-20(15-19)23(33)31(21(17-32)12-6-14-30-25(28)29)24(34)22(27)13-5-9-18-7-2-1-3-8-18/h1-4,7-8,10-11,15,17,21-22H,5-6,9,12-14,16,26-27H2,(H4,28,29,30)/t21-,22+/m0/s1. The molecule has 0 saturated carbocycles. The lowest BCUT2D eigenvalue weighted by Crippen LogP contribution is -2.52. The number of amides is 2. The number of nitrogens with two attached hydrogens (primary N) is 4. The van der Waals surface area contributed by atoms with Gasteiger partial charge < -0.3 is 27.7 Å². The van der Waals surface area contributed by atoms with Gasteiger partial charge >= 0.3 is 0 Å². The number of carbonyl (C=O) groups is 3. The number of aliphatic imine (C=N–C) groups is 1. The first-order valence-electron chi connectivity index (χ1n) is 11.3. The molecule has 0 aliphatic rings. The lowest BCUT2D eigenvalue weighted by molar-refractivity contribution is -0.134. The first-order valence-corrected chi connectivity index (χ1v) is 11.3. The van der Waals surface area contributed by atoms with Gasteiger partial charge in [-0.2, -0.15) is 0 Å². The molecule has 2 atom stereocenters. The number of nitrogens with zero attached hydrogens (tertiary/aromatic N) is 2. The molecule has 9 nitrogen and oxygen atoms in total. The van der Waals surface area contributed by atoms with Gasteiger partial charge in [-0.05, 0) is 55.4 Å². The molecule has 34 heavy (non-hydrogen) atoms. The first-order chi connectivity index (χ1) is 16.4. The maximum absolute atomic E-state index is 13.4. The SMILES string of the molecule is NCc1cccc(C(=O)N(C(=O)[C@H](N)CCCc2ccccc2)[C@H](C=O)CCCN=C(N)N)c1. The summed E-state index contributed by atoms with van der Waals surface area (Å²) in [5.41, 5.74) is 24.7. The van der Waals surface area contributed by atoms with Crippen molar-refractivity contribution in [2.75, 3.05) is 6.54 Å². The van der Waals surface area contributed by atoms with Crippen LogP contribution in [0.1, 0.15) is 47.2 Å². The molecule has 2 aromatic carbocycles. The summed E-state index contributed by atoms with van der Waals surface area (Å²) in [7, 11) is 0. The van der Waals surface area contributed by atoms with Crippen LogP contribution in [0.5, 0.6) is 0 Å². The smallest absolute Gasteiger partial charge is 0.261 e.